The maximum absolute atomic E-state index is 11.4. The third kappa shape index (κ3) is 3.62. The van der Waals surface area contributed by atoms with Gasteiger partial charge in [-0.15, -0.1) is 16.7 Å². The average molecular weight is 269 g/mol. The number of rotatable bonds is 6. The van der Waals surface area contributed by atoms with Gasteiger partial charge in [-0.2, -0.15) is 0 Å². The number of halogens is 1. The zero-order valence-electron chi connectivity index (χ0n) is 8.97. The first-order valence-corrected chi connectivity index (χ1v) is 6.62. The summed E-state index contributed by atoms with van der Waals surface area (Å²) in [6.45, 7) is 0.199. The lowest BCUT2D eigenvalue weighted by atomic mass is 10.7. The van der Waals surface area contributed by atoms with Crippen molar-refractivity contribution in [2.24, 2.45) is 0 Å². The largest absolute Gasteiger partial charge is 0.407 e. The van der Waals surface area contributed by atoms with Gasteiger partial charge in [0.1, 0.15) is 5.88 Å². The molecule has 0 aliphatic rings. The predicted molar refractivity (Wildman–Crippen MR) is 59.8 cm³/mol. The zero-order valence-corrected chi connectivity index (χ0v) is 10.5. The third-order valence-corrected chi connectivity index (χ3v) is 3.84. The smallest absolute Gasteiger partial charge is 0.315 e. The van der Waals surface area contributed by atoms with Gasteiger partial charge in [0.05, 0.1) is 5.75 Å². The third-order valence-electron chi connectivity index (χ3n) is 1.77. The van der Waals surface area contributed by atoms with Crippen LogP contribution in [-0.4, -0.2) is 49.3 Å². The first-order chi connectivity index (χ1) is 7.45. The summed E-state index contributed by atoms with van der Waals surface area (Å²) in [4.78, 5) is 0. The van der Waals surface area contributed by atoms with Crippen molar-refractivity contribution in [3.8, 4) is 0 Å². The Morgan fingerprint density at radius 2 is 2.12 bits per heavy atom. The number of nitrogens with zero attached hydrogens (tertiary/aromatic N) is 3. The number of hydrogen-bond donors (Lipinski definition) is 1. The first-order valence-electron chi connectivity index (χ1n) is 4.48. The van der Waals surface area contributed by atoms with E-state index in [1.165, 1.54) is 14.1 Å². The lowest BCUT2D eigenvalue weighted by Crippen LogP contribution is -2.28. The zero-order chi connectivity index (χ0) is 12.2. The Kier molecular flexibility index (Phi) is 4.51. The normalized spacial score (nSPS) is 12.0. The molecule has 0 radical (unpaired) electrons. The van der Waals surface area contributed by atoms with Crippen molar-refractivity contribution in [3.05, 3.63) is 5.89 Å². The van der Waals surface area contributed by atoms with Crippen LogP contribution in [0, 0.1) is 0 Å². The van der Waals surface area contributed by atoms with Crippen molar-refractivity contribution in [1.82, 2.24) is 14.5 Å². The van der Waals surface area contributed by atoms with Gasteiger partial charge in [0.15, 0.2) is 0 Å². The van der Waals surface area contributed by atoms with E-state index in [2.05, 4.69) is 15.5 Å². The summed E-state index contributed by atoms with van der Waals surface area (Å²) < 4.78 is 29.0. The van der Waals surface area contributed by atoms with Gasteiger partial charge >= 0.3 is 6.01 Å². The van der Waals surface area contributed by atoms with E-state index in [0.29, 0.717) is 5.89 Å². The molecule has 1 heterocycles. The van der Waals surface area contributed by atoms with Crippen molar-refractivity contribution >= 4 is 27.6 Å². The standard InChI is InChI=1S/C7H13ClN4O3S/c1-12(2)16(13,14)4-3-9-7-11-10-6(5-8)15-7/h3-5H2,1-2H3,(H,9,11). The Morgan fingerprint density at radius 3 is 2.62 bits per heavy atom. The molecular formula is C7H13ClN4O3S. The van der Waals surface area contributed by atoms with Crippen LogP contribution in [0.4, 0.5) is 6.01 Å². The van der Waals surface area contributed by atoms with E-state index >= 15 is 0 Å². The highest BCUT2D eigenvalue weighted by molar-refractivity contribution is 7.89. The van der Waals surface area contributed by atoms with Crippen LogP contribution >= 0.6 is 11.6 Å². The Balaban J connectivity index is 2.42. The summed E-state index contributed by atoms with van der Waals surface area (Å²) in [7, 11) is -0.253. The van der Waals surface area contributed by atoms with Crippen LogP contribution in [0.5, 0.6) is 0 Å². The maximum Gasteiger partial charge on any atom is 0.315 e. The van der Waals surface area contributed by atoms with Gasteiger partial charge in [0.25, 0.3) is 0 Å². The Bertz CT molecular complexity index is 431. The van der Waals surface area contributed by atoms with Crippen LogP contribution in [0.15, 0.2) is 4.42 Å². The highest BCUT2D eigenvalue weighted by atomic mass is 35.5. The van der Waals surface area contributed by atoms with Gasteiger partial charge in [-0.05, 0) is 0 Å². The molecule has 0 fully saturated rings. The molecule has 0 spiro atoms. The Hall–Kier alpha value is -0.860. The highest BCUT2D eigenvalue weighted by Crippen LogP contribution is 2.07. The van der Waals surface area contributed by atoms with Crippen LogP contribution in [-0.2, 0) is 15.9 Å². The van der Waals surface area contributed by atoms with Gasteiger partial charge in [-0.3, -0.25) is 0 Å². The van der Waals surface area contributed by atoms with Crippen molar-refractivity contribution in [1.29, 1.82) is 0 Å². The molecular weight excluding hydrogens is 256 g/mol. The maximum atomic E-state index is 11.4. The Labute approximate surface area is 98.8 Å². The molecule has 0 aliphatic heterocycles. The van der Waals surface area contributed by atoms with Crippen LogP contribution in [0.1, 0.15) is 5.89 Å². The second-order valence-electron chi connectivity index (χ2n) is 3.16. The summed E-state index contributed by atoms with van der Waals surface area (Å²) in [6.07, 6.45) is 0. The summed E-state index contributed by atoms with van der Waals surface area (Å²) >= 11 is 5.46. The average Bonchev–Trinajstić information content (AvgIpc) is 2.65. The molecule has 92 valence electrons. The van der Waals surface area contributed by atoms with Gasteiger partial charge in [-0.25, -0.2) is 12.7 Å². The number of aromatic nitrogens is 2. The molecule has 0 saturated heterocycles. The van der Waals surface area contributed by atoms with E-state index in [0.717, 1.165) is 4.31 Å². The molecule has 1 N–H and O–H groups in total. The quantitative estimate of drug-likeness (QED) is 0.737. The molecule has 0 amide bonds. The monoisotopic (exact) mass is 268 g/mol. The second-order valence-corrected chi connectivity index (χ2v) is 5.73. The minimum absolute atomic E-state index is 0.0431. The molecule has 0 saturated carbocycles. The van der Waals surface area contributed by atoms with Gasteiger partial charge < -0.3 is 9.73 Å². The fraction of sp³-hybridized carbons (Fsp3) is 0.714. The van der Waals surface area contributed by atoms with Crippen molar-refractivity contribution < 1.29 is 12.8 Å². The van der Waals surface area contributed by atoms with E-state index in [-0.39, 0.29) is 24.2 Å². The van der Waals surface area contributed by atoms with Crippen LogP contribution in [0.3, 0.4) is 0 Å². The van der Waals surface area contributed by atoms with E-state index in [4.69, 9.17) is 16.0 Å². The van der Waals surface area contributed by atoms with E-state index < -0.39 is 10.0 Å². The molecule has 1 aromatic heterocycles. The molecule has 1 aromatic rings. The molecule has 16 heavy (non-hydrogen) atoms. The minimum Gasteiger partial charge on any atom is -0.407 e. The molecule has 0 unspecified atom stereocenters. The summed E-state index contributed by atoms with van der Waals surface area (Å²) in [5, 5.41) is 9.95. The Morgan fingerprint density at radius 1 is 1.44 bits per heavy atom. The number of sulfonamides is 1. The number of hydrogen-bond acceptors (Lipinski definition) is 6. The molecule has 7 nitrogen and oxygen atoms in total. The number of nitrogens with one attached hydrogen (secondary N) is 1. The van der Waals surface area contributed by atoms with Crippen molar-refractivity contribution in [2.45, 2.75) is 5.88 Å². The molecule has 0 aliphatic carbocycles. The van der Waals surface area contributed by atoms with E-state index in [9.17, 15) is 8.42 Å². The summed E-state index contributed by atoms with van der Waals surface area (Å²) in [5.74, 6) is 0.378. The minimum atomic E-state index is -3.21. The lowest BCUT2D eigenvalue weighted by molar-refractivity contribution is 0.517. The van der Waals surface area contributed by atoms with Crippen molar-refractivity contribution in [3.63, 3.8) is 0 Å². The SMILES string of the molecule is CN(C)S(=O)(=O)CCNc1nnc(CCl)o1. The topological polar surface area (TPSA) is 88.3 Å². The first kappa shape index (κ1) is 13.2. The summed E-state index contributed by atoms with van der Waals surface area (Å²) in [5.41, 5.74) is 0. The number of alkyl halides is 1. The lowest BCUT2D eigenvalue weighted by Gasteiger charge is -2.10. The fourth-order valence-electron chi connectivity index (χ4n) is 0.849. The molecule has 1 rings (SSSR count). The van der Waals surface area contributed by atoms with Gasteiger partial charge in [0, 0.05) is 20.6 Å². The summed E-state index contributed by atoms with van der Waals surface area (Å²) in [6, 6.07) is 0.171. The molecule has 0 bridgehead atoms. The highest BCUT2D eigenvalue weighted by Gasteiger charge is 2.13. The predicted octanol–water partition coefficient (Wildman–Crippen LogP) is 0.112. The van der Waals surface area contributed by atoms with Crippen LogP contribution in [0.25, 0.3) is 0 Å². The van der Waals surface area contributed by atoms with E-state index in [1.54, 1.807) is 0 Å². The van der Waals surface area contributed by atoms with Gasteiger partial charge in [0.2, 0.25) is 15.9 Å². The second kappa shape index (κ2) is 5.46. The van der Waals surface area contributed by atoms with Crippen LogP contribution in [0.2, 0.25) is 0 Å². The molecule has 0 aromatic carbocycles. The number of anilines is 1. The van der Waals surface area contributed by atoms with Gasteiger partial charge in [-0.1, -0.05) is 5.10 Å². The van der Waals surface area contributed by atoms with E-state index in [1.807, 2.05) is 0 Å². The van der Waals surface area contributed by atoms with Crippen LogP contribution < -0.4 is 5.32 Å². The molecule has 0 atom stereocenters. The fourth-order valence-corrected chi connectivity index (χ4v) is 1.68. The molecule has 9 heteroatoms. The van der Waals surface area contributed by atoms with Crippen molar-refractivity contribution in [2.75, 3.05) is 31.7 Å².